The molecular weight excluding hydrogens is 553 g/mol. The van der Waals surface area contributed by atoms with E-state index in [2.05, 4.69) is 27.4 Å². The number of likely N-dealkylation sites (tertiary alicyclic amines) is 1. The van der Waals surface area contributed by atoms with E-state index in [1.807, 2.05) is 6.07 Å². The quantitative estimate of drug-likeness (QED) is 0.373. The van der Waals surface area contributed by atoms with E-state index < -0.39 is 22.6 Å². The fourth-order valence-electron chi connectivity index (χ4n) is 5.64. The Morgan fingerprint density at radius 3 is 2.39 bits per heavy atom. The molecule has 41 heavy (non-hydrogen) atoms. The smallest absolute Gasteiger partial charge is 0.382 e. The van der Waals surface area contributed by atoms with Gasteiger partial charge in [-0.1, -0.05) is 12.0 Å². The first-order valence-corrected chi connectivity index (χ1v) is 15.8. The Labute approximate surface area is 239 Å². The van der Waals surface area contributed by atoms with Crippen molar-refractivity contribution in [2.45, 2.75) is 55.4 Å². The molecule has 2 saturated heterocycles. The van der Waals surface area contributed by atoms with E-state index in [-0.39, 0.29) is 23.2 Å². The van der Waals surface area contributed by atoms with Gasteiger partial charge < -0.3 is 24.8 Å². The summed E-state index contributed by atoms with van der Waals surface area (Å²) < 4.78 is 70.7. The minimum absolute atomic E-state index is 0.183. The van der Waals surface area contributed by atoms with Gasteiger partial charge in [0.2, 0.25) is 0 Å². The van der Waals surface area contributed by atoms with Crippen molar-refractivity contribution in [1.82, 2.24) is 9.47 Å². The number of hydrogen-bond donors (Lipinski definition) is 2. The highest BCUT2D eigenvalue weighted by Crippen LogP contribution is 2.31. The van der Waals surface area contributed by atoms with Crippen LogP contribution in [0.3, 0.4) is 0 Å². The lowest BCUT2D eigenvalue weighted by molar-refractivity contribution is -0.140. The van der Waals surface area contributed by atoms with Gasteiger partial charge in [-0.15, -0.1) is 0 Å². The number of benzene rings is 2. The van der Waals surface area contributed by atoms with E-state index in [1.54, 1.807) is 30.3 Å². The summed E-state index contributed by atoms with van der Waals surface area (Å²) in [5.74, 6) is 5.83. The van der Waals surface area contributed by atoms with Gasteiger partial charge in [-0.3, -0.25) is 0 Å². The zero-order chi connectivity index (χ0) is 29.0. The van der Waals surface area contributed by atoms with Gasteiger partial charge in [-0.05, 0) is 74.1 Å². The maximum Gasteiger partial charge on any atom is 0.406 e. The Kier molecular flexibility index (Phi) is 8.82. The van der Waals surface area contributed by atoms with Gasteiger partial charge in [0.1, 0.15) is 6.54 Å². The molecule has 3 aromatic rings. The van der Waals surface area contributed by atoms with Crippen molar-refractivity contribution in [1.29, 1.82) is 0 Å². The monoisotopic (exact) mass is 588 g/mol. The predicted molar refractivity (Wildman–Crippen MR) is 155 cm³/mol. The highest BCUT2D eigenvalue weighted by molar-refractivity contribution is 7.90. The van der Waals surface area contributed by atoms with E-state index in [9.17, 15) is 21.6 Å². The molecule has 0 bridgehead atoms. The second-order valence-corrected chi connectivity index (χ2v) is 12.7. The van der Waals surface area contributed by atoms with E-state index in [1.165, 1.54) is 16.7 Å². The number of ether oxygens (including phenoxy) is 1. The third-order valence-electron chi connectivity index (χ3n) is 7.76. The molecule has 0 atom stereocenters. The molecule has 11 heteroatoms. The third-order valence-corrected chi connectivity index (χ3v) is 8.89. The maximum absolute atomic E-state index is 13.6. The fraction of sp³-hybridized carbons (Fsp3) is 0.467. The van der Waals surface area contributed by atoms with Gasteiger partial charge in [0.15, 0.2) is 9.84 Å². The van der Waals surface area contributed by atoms with Crippen LogP contribution in [-0.2, 0) is 21.1 Å². The Morgan fingerprint density at radius 2 is 1.73 bits per heavy atom. The van der Waals surface area contributed by atoms with Crippen molar-refractivity contribution in [3.8, 4) is 11.8 Å². The number of rotatable bonds is 7. The van der Waals surface area contributed by atoms with Gasteiger partial charge in [0, 0.05) is 61.4 Å². The Balaban J connectivity index is 1.30. The summed E-state index contributed by atoms with van der Waals surface area (Å²) in [7, 11) is -3.30. The van der Waals surface area contributed by atoms with Gasteiger partial charge >= 0.3 is 6.18 Å². The lowest BCUT2D eigenvalue weighted by Gasteiger charge is -2.39. The number of fused-ring (bicyclic) bond motifs is 1. The molecule has 2 aliphatic rings. The lowest BCUT2D eigenvalue weighted by Crippen LogP contribution is -2.46. The number of sulfone groups is 1. The molecule has 0 saturated carbocycles. The van der Waals surface area contributed by atoms with Crippen molar-refractivity contribution < 1.29 is 26.3 Å². The SMILES string of the molecule is CS(=O)(=O)c1ccc(NCC#Cc2cc3c(NC4CCN(C5CCOCC5)CC4)cccc3n2CC(F)(F)F)cc1. The van der Waals surface area contributed by atoms with Crippen LogP contribution in [0.15, 0.2) is 53.4 Å². The first-order valence-electron chi connectivity index (χ1n) is 13.9. The molecule has 220 valence electrons. The number of nitrogens with one attached hydrogen (secondary N) is 2. The first kappa shape index (κ1) is 29.3. The molecule has 5 rings (SSSR count). The van der Waals surface area contributed by atoms with Crippen LogP contribution in [0.1, 0.15) is 31.4 Å². The molecule has 0 unspecified atom stereocenters. The molecule has 3 heterocycles. The molecule has 0 radical (unpaired) electrons. The molecule has 0 amide bonds. The van der Waals surface area contributed by atoms with Crippen molar-refractivity contribution in [2.75, 3.05) is 49.7 Å². The molecule has 2 aromatic carbocycles. The molecule has 7 nitrogen and oxygen atoms in total. The van der Waals surface area contributed by atoms with Gasteiger partial charge in [0.05, 0.1) is 22.7 Å². The number of nitrogens with zero attached hydrogens (tertiary/aromatic N) is 2. The van der Waals surface area contributed by atoms with Crippen LogP contribution in [0.2, 0.25) is 0 Å². The van der Waals surface area contributed by atoms with E-state index in [4.69, 9.17) is 4.74 Å². The topological polar surface area (TPSA) is 75.6 Å². The second-order valence-electron chi connectivity index (χ2n) is 10.7. The van der Waals surface area contributed by atoms with Crippen LogP contribution in [-0.4, -0.2) is 75.2 Å². The molecule has 2 N–H and O–H groups in total. The van der Waals surface area contributed by atoms with Crippen molar-refractivity contribution >= 4 is 32.1 Å². The zero-order valence-electron chi connectivity index (χ0n) is 23.0. The van der Waals surface area contributed by atoms with Crippen LogP contribution >= 0.6 is 0 Å². The number of alkyl halides is 3. The number of halogens is 3. The first-order chi connectivity index (χ1) is 19.6. The summed E-state index contributed by atoms with van der Waals surface area (Å²) in [6.07, 6.45) is 0.820. The number of aromatic nitrogens is 1. The second kappa shape index (κ2) is 12.3. The highest BCUT2D eigenvalue weighted by atomic mass is 32.2. The third kappa shape index (κ3) is 7.56. The normalized spacial score (nSPS) is 17.8. The minimum atomic E-state index is -4.40. The summed E-state index contributed by atoms with van der Waals surface area (Å²) in [5.41, 5.74) is 2.26. The molecule has 0 spiro atoms. The molecule has 0 aliphatic carbocycles. The van der Waals surface area contributed by atoms with E-state index in [0.717, 1.165) is 69.3 Å². The highest BCUT2D eigenvalue weighted by Gasteiger charge is 2.30. The van der Waals surface area contributed by atoms with Crippen LogP contribution in [0.4, 0.5) is 24.5 Å². The minimum Gasteiger partial charge on any atom is -0.382 e. The molecule has 1 aromatic heterocycles. The van der Waals surface area contributed by atoms with Crippen molar-refractivity contribution in [3.63, 3.8) is 0 Å². The van der Waals surface area contributed by atoms with Crippen LogP contribution in [0.25, 0.3) is 10.9 Å². The van der Waals surface area contributed by atoms with E-state index >= 15 is 0 Å². The van der Waals surface area contributed by atoms with Crippen LogP contribution < -0.4 is 10.6 Å². The Hall–Kier alpha value is -3.20. The zero-order valence-corrected chi connectivity index (χ0v) is 23.8. The van der Waals surface area contributed by atoms with Crippen molar-refractivity contribution in [2.24, 2.45) is 0 Å². The van der Waals surface area contributed by atoms with E-state index in [0.29, 0.717) is 17.2 Å². The largest absolute Gasteiger partial charge is 0.406 e. The molecule has 2 aliphatic heterocycles. The Bertz CT molecular complexity index is 1510. The summed E-state index contributed by atoms with van der Waals surface area (Å²) in [6.45, 7) is 2.68. The standard InChI is InChI=1S/C30H35F3N4O3S/c1-41(38,39)26-9-7-22(8-10-26)34-15-3-4-25-20-27-28(5-2-6-29(27)37(25)21-30(31,32)33)35-23-11-16-36(17-12-23)24-13-18-40-19-14-24/h2,5-10,20,23-24,34-35H,11-19,21H2,1H3. The van der Waals surface area contributed by atoms with Crippen molar-refractivity contribution in [3.05, 3.63) is 54.2 Å². The summed E-state index contributed by atoms with van der Waals surface area (Å²) in [6, 6.07) is 14.2. The van der Waals surface area contributed by atoms with Gasteiger partial charge in [0.25, 0.3) is 0 Å². The summed E-state index contributed by atoms with van der Waals surface area (Å²) in [4.78, 5) is 2.75. The number of anilines is 2. The average molecular weight is 589 g/mol. The average Bonchev–Trinajstić information content (AvgIpc) is 3.28. The number of piperidine rings is 1. The summed E-state index contributed by atoms with van der Waals surface area (Å²) in [5, 5.41) is 7.39. The van der Waals surface area contributed by atoms with Crippen LogP contribution in [0.5, 0.6) is 0 Å². The predicted octanol–water partition coefficient (Wildman–Crippen LogP) is 5.13. The van der Waals surface area contributed by atoms with Crippen LogP contribution in [0, 0.1) is 11.8 Å². The summed E-state index contributed by atoms with van der Waals surface area (Å²) >= 11 is 0. The molecular formula is C30H35F3N4O3S. The lowest BCUT2D eigenvalue weighted by atomic mass is 9.99. The van der Waals surface area contributed by atoms with Gasteiger partial charge in [-0.25, -0.2) is 8.42 Å². The fourth-order valence-corrected chi connectivity index (χ4v) is 6.27. The van der Waals surface area contributed by atoms with Gasteiger partial charge in [-0.2, -0.15) is 13.2 Å². The Morgan fingerprint density at radius 1 is 1.02 bits per heavy atom. The number of hydrogen-bond acceptors (Lipinski definition) is 6. The maximum atomic E-state index is 13.6. The molecule has 2 fully saturated rings.